The third-order valence-electron chi connectivity index (χ3n) is 2.01. The van der Waals surface area contributed by atoms with Gasteiger partial charge in [0.05, 0.1) is 5.02 Å². The second-order valence-electron chi connectivity index (χ2n) is 3.36. The van der Waals surface area contributed by atoms with Crippen molar-refractivity contribution in [3.05, 3.63) is 52.1 Å². The molecule has 0 saturated heterocycles. The van der Waals surface area contributed by atoms with Crippen LogP contribution in [0.2, 0.25) is 10.0 Å². The fraction of sp³-hybridized carbons (Fsp3) is 0.0833. The quantitative estimate of drug-likeness (QED) is 0.787. The lowest BCUT2D eigenvalue weighted by Gasteiger charge is -2.06. The van der Waals surface area contributed by atoms with Gasteiger partial charge < -0.3 is 4.74 Å². The molecule has 1 heterocycles. The standard InChI is InChI=1S/C12H9Cl2NO/c1-8-2-4-10(5-3-8)16-12-11(14)6-9(13)7-15-12/h2-7H,1H3. The van der Waals surface area contributed by atoms with Gasteiger partial charge in [0.2, 0.25) is 5.88 Å². The van der Waals surface area contributed by atoms with Gasteiger partial charge in [-0.1, -0.05) is 40.9 Å². The molecule has 0 atom stereocenters. The minimum Gasteiger partial charge on any atom is -0.438 e. The van der Waals surface area contributed by atoms with Crippen molar-refractivity contribution >= 4 is 23.2 Å². The van der Waals surface area contributed by atoms with E-state index in [1.807, 2.05) is 31.2 Å². The molecule has 0 aliphatic rings. The molecule has 2 nitrogen and oxygen atoms in total. The topological polar surface area (TPSA) is 22.1 Å². The van der Waals surface area contributed by atoms with Crippen molar-refractivity contribution in [1.29, 1.82) is 0 Å². The molecule has 1 aromatic heterocycles. The molecule has 4 heteroatoms. The number of nitrogens with zero attached hydrogens (tertiary/aromatic N) is 1. The van der Waals surface area contributed by atoms with Gasteiger partial charge in [-0.05, 0) is 25.1 Å². The maximum Gasteiger partial charge on any atom is 0.238 e. The van der Waals surface area contributed by atoms with Crippen LogP contribution >= 0.6 is 23.2 Å². The average Bonchev–Trinajstić information content (AvgIpc) is 2.25. The van der Waals surface area contributed by atoms with Crippen molar-refractivity contribution in [1.82, 2.24) is 4.98 Å². The molecule has 0 aliphatic heterocycles. The highest BCUT2D eigenvalue weighted by Gasteiger charge is 2.05. The van der Waals surface area contributed by atoms with Crippen LogP contribution in [0, 0.1) is 6.92 Å². The highest BCUT2D eigenvalue weighted by atomic mass is 35.5. The van der Waals surface area contributed by atoms with Crippen molar-refractivity contribution in [3.8, 4) is 11.6 Å². The molecule has 0 N–H and O–H groups in total. The number of aryl methyl sites for hydroxylation is 1. The first kappa shape index (κ1) is 11.2. The lowest BCUT2D eigenvalue weighted by Crippen LogP contribution is -1.88. The summed E-state index contributed by atoms with van der Waals surface area (Å²) < 4.78 is 5.52. The molecule has 2 aromatic rings. The fourth-order valence-corrected chi connectivity index (χ4v) is 1.61. The normalized spacial score (nSPS) is 10.2. The lowest BCUT2D eigenvalue weighted by molar-refractivity contribution is 0.463. The molecule has 0 aliphatic carbocycles. The first-order valence-corrected chi connectivity index (χ1v) is 5.46. The molecular formula is C12H9Cl2NO. The summed E-state index contributed by atoms with van der Waals surface area (Å²) in [6.07, 6.45) is 1.50. The highest BCUT2D eigenvalue weighted by Crippen LogP contribution is 2.28. The number of benzene rings is 1. The van der Waals surface area contributed by atoms with E-state index in [1.165, 1.54) is 11.8 Å². The Morgan fingerprint density at radius 2 is 1.81 bits per heavy atom. The third kappa shape index (κ3) is 2.65. The predicted octanol–water partition coefficient (Wildman–Crippen LogP) is 4.49. The van der Waals surface area contributed by atoms with Crippen LogP contribution in [0.3, 0.4) is 0 Å². The van der Waals surface area contributed by atoms with Crippen LogP contribution in [0.25, 0.3) is 0 Å². The summed E-state index contributed by atoms with van der Waals surface area (Å²) in [5.74, 6) is 1.05. The summed E-state index contributed by atoms with van der Waals surface area (Å²) in [5.41, 5.74) is 1.17. The number of halogens is 2. The number of pyridine rings is 1. The zero-order valence-electron chi connectivity index (χ0n) is 8.58. The van der Waals surface area contributed by atoms with Crippen molar-refractivity contribution < 1.29 is 4.74 Å². The minimum atomic E-state index is 0.356. The van der Waals surface area contributed by atoms with Crippen LogP contribution in [0.1, 0.15) is 5.56 Å². The van der Waals surface area contributed by atoms with Crippen LogP contribution in [-0.2, 0) is 0 Å². The van der Waals surface area contributed by atoms with E-state index in [0.29, 0.717) is 21.7 Å². The second-order valence-corrected chi connectivity index (χ2v) is 4.20. The van der Waals surface area contributed by atoms with E-state index in [4.69, 9.17) is 27.9 Å². The van der Waals surface area contributed by atoms with Gasteiger partial charge in [-0.15, -0.1) is 0 Å². The highest BCUT2D eigenvalue weighted by molar-refractivity contribution is 6.35. The van der Waals surface area contributed by atoms with Crippen molar-refractivity contribution in [2.24, 2.45) is 0 Å². The molecule has 0 spiro atoms. The van der Waals surface area contributed by atoms with Gasteiger partial charge in [-0.3, -0.25) is 0 Å². The molecule has 2 rings (SSSR count). The largest absolute Gasteiger partial charge is 0.438 e. The van der Waals surface area contributed by atoms with Crippen molar-refractivity contribution in [2.75, 3.05) is 0 Å². The van der Waals surface area contributed by atoms with E-state index in [-0.39, 0.29) is 0 Å². The summed E-state index contributed by atoms with van der Waals surface area (Å²) in [5, 5.41) is 0.884. The van der Waals surface area contributed by atoms with Gasteiger partial charge in [-0.2, -0.15) is 0 Å². The van der Waals surface area contributed by atoms with E-state index in [9.17, 15) is 0 Å². The number of rotatable bonds is 2. The van der Waals surface area contributed by atoms with Gasteiger partial charge >= 0.3 is 0 Å². The molecule has 1 aromatic carbocycles. The Labute approximate surface area is 104 Å². The first-order valence-electron chi connectivity index (χ1n) is 4.71. The predicted molar refractivity (Wildman–Crippen MR) is 65.5 cm³/mol. The minimum absolute atomic E-state index is 0.356. The van der Waals surface area contributed by atoms with E-state index in [2.05, 4.69) is 4.98 Å². The Hall–Kier alpha value is -1.25. The maximum absolute atomic E-state index is 5.94. The summed E-state index contributed by atoms with van der Waals surface area (Å²) in [7, 11) is 0. The summed E-state index contributed by atoms with van der Waals surface area (Å²) >= 11 is 11.7. The molecule has 0 saturated carbocycles. The van der Waals surface area contributed by atoms with E-state index in [1.54, 1.807) is 6.07 Å². The van der Waals surface area contributed by atoms with E-state index < -0.39 is 0 Å². The molecule has 0 radical (unpaired) electrons. The smallest absolute Gasteiger partial charge is 0.238 e. The first-order chi connectivity index (χ1) is 7.65. The molecule has 0 unspecified atom stereocenters. The lowest BCUT2D eigenvalue weighted by atomic mass is 10.2. The molecule has 16 heavy (non-hydrogen) atoms. The van der Waals surface area contributed by atoms with Crippen LogP contribution in [-0.4, -0.2) is 4.98 Å². The fourth-order valence-electron chi connectivity index (χ4n) is 1.20. The van der Waals surface area contributed by atoms with Crippen LogP contribution in [0.4, 0.5) is 0 Å². The summed E-state index contributed by atoms with van der Waals surface area (Å²) in [6.45, 7) is 2.01. The monoisotopic (exact) mass is 253 g/mol. The molecule has 0 fully saturated rings. The number of hydrogen-bond acceptors (Lipinski definition) is 2. The maximum atomic E-state index is 5.94. The Morgan fingerprint density at radius 3 is 2.44 bits per heavy atom. The summed E-state index contributed by atoms with van der Waals surface area (Å²) in [4.78, 5) is 4.01. The third-order valence-corrected chi connectivity index (χ3v) is 2.49. The molecular weight excluding hydrogens is 245 g/mol. The second kappa shape index (κ2) is 4.73. The SMILES string of the molecule is Cc1ccc(Oc2ncc(Cl)cc2Cl)cc1. The van der Waals surface area contributed by atoms with E-state index >= 15 is 0 Å². The van der Waals surface area contributed by atoms with Gasteiger partial charge in [0.15, 0.2) is 0 Å². The Bertz CT molecular complexity index is 497. The van der Waals surface area contributed by atoms with E-state index in [0.717, 1.165) is 0 Å². The summed E-state index contributed by atoms with van der Waals surface area (Å²) in [6, 6.07) is 9.24. The van der Waals surface area contributed by atoms with Crippen molar-refractivity contribution in [3.63, 3.8) is 0 Å². The van der Waals surface area contributed by atoms with Gasteiger partial charge in [-0.25, -0.2) is 4.98 Å². The van der Waals surface area contributed by atoms with Crippen LogP contribution in [0.15, 0.2) is 36.5 Å². The van der Waals surface area contributed by atoms with Crippen molar-refractivity contribution in [2.45, 2.75) is 6.92 Å². The van der Waals surface area contributed by atoms with Gasteiger partial charge in [0, 0.05) is 6.20 Å². The average molecular weight is 254 g/mol. The Kier molecular flexibility index (Phi) is 3.32. The molecule has 0 amide bonds. The molecule has 82 valence electrons. The number of hydrogen-bond donors (Lipinski definition) is 0. The van der Waals surface area contributed by atoms with Gasteiger partial charge in [0.1, 0.15) is 10.8 Å². The zero-order chi connectivity index (χ0) is 11.5. The zero-order valence-corrected chi connectivity index (χ0v) is 10.1. The van der Waals surface area contributed by atoms with Crippen LogP contribution in [0.5, 0.6) is 11.6 Å². The Morgan fingerprint density at radius 1 is 1.12 bits per heavy atom. The van der Waals surface area contributed by atoms with Gasteiger partial charge in [0.25, 0.3) is 0 Å². The van der Waals surface area contributed by atoms with Crippen LogP contribution < -0.4 is 4.74 Å². The number of ether oxygens (including phenoxy) is 1. The number of aromatic nitrogens is 1. The Balaban J connectivity index is 2.23. The molecule has 0 bridgehead atoms.